The summed E-state index contributed by atoms with van der Waals surface area (Å²) >= 11 is 0. The maximum atomic E-state index is 13.4. The monoisotopic (exact) mass is 390 g/mol. The minimum atomic E-state index is -0.190. The van der Waals surface area contributed by atoms with E-state index in [4.69, 9.17) is 4.42 Å². The number of para-hydroxylation sites is 2. The van der Waals surface area contributed by atoms with Crippen molar-refractivity contribution in [2.45, 2.75) is 0 Å². The Labute approximate surface area is 173 Å². The van der Waals surface area contributed by atoms with Crippen LogP contribution >= 0.6 is 0 Å². The number of carbonyl (C=O) groups excluding carboxylic acids is 1. The Morgan fingerprint density at radius 1 is 0.800 bits per heavy atom. The van der Waals surface area contributed by atoms with Gasteiger partial charge in [-0.05, 0) is 35.9 Å². The van der Waals surface area contributed by atoms with Crippen LogP contribution in [0.4, 0.5) is 5.69 Å². The summed E-state index contributed by atoms with van der Waals surface area (Å²) in [6.45, 7) is 0. The Morgan fingerprint density at radius 3 is 2.40 bits per heavy atom. The molecule has 2 aromatic heterocycles. The van der Waals surface area contributed by atoms with Gasteiger partial charge in [0.15, 0.2) is 5.76 Å². The van der Waals surface area contributed by atoms with Crippen LogP contribution in [-0.2, 0) is 0 Å². The van der Waals surface area contributed by atoms with Gasteiger partial charge in [0.05, 0.1) is 17.3 Å². The number of fused-ring (bicyclic) bond motifs is 1. The number of nitrogens with zero attached hydrogens (tertiary/aromatic N) is 1. The molecule has 0 fully saturated rings. The fraction of sp³-hybridized carbons (Fsp3) is 0. The summed E-state index contributed by atoms with van der Waals surface area (Å²) in [6, 6.07) is 30.9. The summed E-state index contributed by atoms with van der Waals surface area (Å²) in [5.41, 5.74) is 4.69. The molecular formula is C26H18N2O2. The van der Waals surface area contributed by atoms with Crippen molar-refractivity contribution in [3.05, 3.63) is 109 Å². The SMILES string of the molecule is O=C(Nc1ccccc1-c1ccccc1)c1cc(-c2ccco2)nc2ccccc12. The van der Waals surface area contributed by atoms with E-state index in [1.54, 1.807) is 12.3 Å². The maximum Gasteiger partial charge on any atom is 0.256 e. The first-order valence-corrected chi connectivity index (χ1v) is 9.69. The van der Waals surface area contributed by atoms with E-state index in [2.05, 4.69) is 10.3 Å². The topological polar surface area (TPSA) is 55.1 Å². The van der Waals surface area contributed by atoms with Crippen LogP contribution in [0.25, 0.3) is 33.5 Å². The fourth-order valence-corrected chi connectivity index (χ4v) is 3.57. The highest BCUT2D eigenvalue weighted by atomic mass is 16.3. The number of carbonyl (C=O) groups is 1. The minimum absolute atomic E-state index is 0.190. The minimum Gasteiger partial charge on any atom is -0.463 e. The van der Waals surface area contributed by atoms with Crippen LogP contribution in [0.15, 0.2) is 108 Å². The number of nitrogens with one attached hydrogen (secondary N) is 1. The molecule has 2 heterocycles. The quantitative estimate of drug-likeness (QED) is 0.385. The lowest BCUT2D eigenvalue weighted by molar-refractivity contribution is 0.102. The number of hydrogen-bond donors (Lipinski definition) is 1. The molecule has 30 heavy (non-hydrogen) atoms. The zero-order valence-corrected chi connectivity index (χ0v) is 16.1. The van der Waals surface area contributed by atoms with Crippen LogP contribution in [-0.4, -0.2) is 10.9 Å². The molecule has 3 aromatic carbocycles. The van der Waals surface area contributed by atoms with Gasteiger partial charge in [-0.15, -0.1) is 0 Å². The Hall–Kier alpha value is -4.18. The first kappa shape index (κ1) is 17.9. The number of aromatic nitrogens is 1. The molecule has 0 saturated carbocycles. The first-order valence-electron chi connectivity index (χ1n) is 9.69. The van der Waals surface area contributed by atoms with Crippen LogP contribution in [0.2, 0.25) is 0 Å². The first-order chi connectivity index (χ1) is 14.8. The lowest BCUT2D eigenvalue weighted by Crippen LogP contribution is -2.13. The Bertz CT molecular complexity index is 1330. The third kappa shape index (κ3) is 3.35. The molecule has 0 bridgehead atoms. The van der Waals surface area contributed by atoms with Gasteiger partial charge in [-0.3, -0.25) is 4.79 Å². The van der Waals surface area contributed by atoms with Crippen LogP contribution in [0.1, 0.15) is 10.4 Å². The van der Waals surface area contributed by atoms with E-state index in [0.717, 1.165) is 27.7 Å². The summed E-state index contributed by atoms with van der Waals surface area (Å²) in [5, 5.41) is 3.89. The van der Waals surface area contributed by atoms with Gasteiger partial charge in [-0.25, -0.2) is 4.98 Å². The van der Waals surface area contributed by atoms with Gasteiger partial charge >= 0.3 is 0 Å². The van der Waals surface area contributed by atoms with Crippen molar-refractivity contribution in [1.29, 1.82) is 0 Å². The third-order valence-electron chi connectivity index (χ3n) is 4.99. The second-order valence-corrected chi connectivity index (χ2v) is 6.92. The van der Waals surface area contributed by atoms with Crippen molar-refractivity contribution in [2.24, 2.45) is 0 Å². The molecule has 1 amide bonds. The standard InChI is InChI=1S/C26H18N2O2/c29-26(28-22-13-6-4-11-19(22)18-9-2-1-3-10-18)21-17-24(25-15-8-16-30-25)27-23-14-7-5-12-20(21)23/h1-17H,(H,28,29). The van der Waals surface area contributed by atoms with Crippen molar-refractivity contribution in [1.82, 2.24) is 4.98 Å². The van der Waals surface area contributed by atoms with E-state index >= 15 is 0 Å². The van der Waals surface area contributed by atoms with Crippen LogP contribution in [0.5, 0.6) is 0 Å². The van der Waals surface area contributed by atoms with E-state index in [0.29, 0.717) is 17.0 Å². The van der Waals surface area contributed by atoms with Gasteiger partial charge in [-0.1, -0.05) is 66.7 Å². The Balaban J connectivity index is 1.58. The average Bonchev–Trinajstić information content (AvgIpc) is 3.34. The van der Waals surface area contributed by atoms with E-state index in [9.17, 15) is 4.79 Å². The molecule has 4 heteroatoms. The third-order valence-corrected chi connectivity index (χ3v) is 4.99. The number of pyridine rings is 1. The van der Waals surface area contributed by atoms with Gasteiger partial charge in [0.25, 0.3) is 5.91 Å². The van der Waals surface area contributed by atoms with Crippen molar-refractivity contribution >= 4 is 22.5 Å². The molecule has 0 aliphatic rings. The number of amides is 1. The van der Waals surface area contributed by atoms with E-state index < -0.39 is 0 Å². The molecule has 4 nitrogen and oxygen atoms in total. The number of benzene rings is 3. The lowest BCUT2D eigenvalue weighted by Gasteiger charge is -2.13. The van der Waals surface area contributed by atoms with Crippen molar-refractivity contribution in [2.75, 3.05) is 5.32 Å². The van der Waals surface area contributed by atoms with Crippen LogP contribution in [0.3, 0.4) is 0 Å². The van der Waals surface area contributed by atoms with Gasteiger partial charge in [0, 0.05) is 16.6 Å². The molecule has 1 N–H and O–H groups in total. The van der Waals surface area contributed by atoms with Crippen LogP contribution in [0, 0.1) is 0 Å². The molecule has 0 saturated heterocycles. The predicted octanol–water partition coefficient (Wildman–Crippen LogP) is 6.41. The van der Waals surface area contributed by atoms with Gasteiger partial charge in [0.2, 0.25) is 0 Å². The number of hydrogen-bond acceptors (Lipinski definition) is 3. The van der Waals surface area contributed by atoms with Gasteiger partial charge in [0.1, 0.15) is 5.69 Å². The second kappa shape index (κ2) is 7.68. The Morgan fingerprint density at radius 2 is 1.57 bits per heavy atom. The number of furan rings is 1. The van der Waals surface area contributed by atoms with E-state index in [1.165, 1.54) is 0 Å². The summed E-state index contributed by atoms with van der Waals surface area (Å²) in [5.74, 6) is 0.435. The molecule has 0 aliphatic heterocycles. The normalized spacial score (nSPS) is 10.8. The largest absolute Gasteiger partial charge is 0.463 e. The Kier molecular flexibility index (Phi) is 4.58. The molecule has 5 aromatic rings. The van der Waals surface area contributed by atoms with Crippen LogP contribution < -0.4 is 5.32 Å². The molecule has 0 aliphatic carbocycles. The zero-order valence-electron chi connectivity index (χ0n) is 16.1. The molecule has 144 valence electrons. The number of anilines is 1. The molecule has 0 atom stereocenters. The average molecular weight is 390 g/mol. The fourth-order valence-electron chi connectivity index (χ4n) is 3.57. The predicted molar refractivity (Wildman–Crippen MR) is 119 cm³/mol. The van der Waals surface area contributed by atoms with E-state index in [-0.39, 0.29) is 5.91 Å². The van der Waals surface area contributed by atoms with E-state index in [1.807, 2.05) is 91.0 Å². The summed E-state index contributed by atoms with van der Waals surface area (Å²) in [4.78, 5) is 18.0. The lowest BCUT2D eigenvalue weighted by atomic mass is 10.0. The second-order valence-electron chi connectivity index (χ2n) is 6.92. The highest BCUT2D eigenvalue weighted by Crippen LogP contribution is 2.30. The van der Waals surface area contributed by atoms with Crippen molar-refractivity contribution in [3.63, 3.8) is 0 Å². The van der Waals surface area contributed by atoms with Crippen molar-refractivity contribution < 1.29 is 9.21 Å². The summed E-state index contributed by atoms with van der Waals surface area (Å²) in [6.07, 6.45) is 1.60. The molecule has 0 radical (unpaired) electrons. The number of rotatable bonds is 4. The van der Waals surface area contributed by atoms with Crippen molar-refractivity contribution in [3.8, 4) is 22.6 Å². The summed E-state index contributed by atoms with van der Waals surface area (Å²) < 4.78 is 5.50. The zero-order chi connectivity index (χ0) is 20.3. The summed E-state index contributed by atoms with van der Waals surface area (Å²) in [7, 11) is 0. The highest BCUT2D eigenvalue weighted by Gasteiger charge is 2.16. The molecule has 5 rings (SSSR count). The molecule has 0 unspecified atom stereocenters. The maximum absolute atomic E-state index is 13.4. The smallest absolute Gasteiger partial charge is 0.256 e. The molecular weight excluding hydrogens is 372 g/mol. The molecule has 0 spiro atoms. The van der Waals surface area contributed by atoms with Gasteiger partial charge in [-0.2, -0.15) is 0 Å². The van der Waals surface area contributed by atoms with Gasteiger partial charge < -0.3 is 9.73 Å². The highest BCUT2D eigenvalue weighted by molar-refractivity contribution is 6.14.